The first-order valence-electron chi connectivity index (χ1n) is 5.70. The van der Waals surface area contributed by atoms with Crippen molar-refractivity contribution >= 4 is 33.0 Å². The maximum absolute atomic E-state index is 12.0. The van der Waals surface area contributed by atoms with Gasteiger partial charge in [0.15, 0.2) is 0 Å². The van der Waals surface area contributed by atoms with Crippen LogP contribution >= 0.6 is 11.3 Å². The number of hydrogen-bond acceptors (Lipinski definition) is 3. The van der Waals surface area contributed by atoms with E-state index in [1.54, 1.807) is 0 Å². The number of benzene rings is 1. The first kappa shape index (κ1) is 12.5. The Morgan fingerprint density at radius 2 is 2.33 bits per heavy atom. The second kappa shape index (κ2) is 5.11. The number of nitrogens with two attached hydrogens (primary N) is 1. The predicted molar refractivity (Wildman–Crippen MR) is 76.6 cm³/mol. The predicted octanol–water partition coefficient (Wildman–Crippen LogP) is 2.63. The fourth-order valence-corrected chi connectivity index (χ4v) is 2.61. The third kappa shape index (κ3) is 2.47. The lowest BCUT2D eigenvalue weighted by Crippen LogP contribution is -2.32. The molecule has 1 unspecified atom stereocenters. The van der Waals surface area contributed by atoms with Gasteiger partial charge in [-0.2, -0.15) is 0 Å². The van der Waals surface area contributed by atoms with Crippen LogP contribution in [0.15, 0.2) is 24.3 Å². The molecule has 3 N–H and O–H groups in total. The Labute approximate surface area is 110 Å². The lowest BCUT2D eigenvalue weighted by atomic mass is 10.2. The minimum atomic E-state index is -0.215. The van der Waals surface area contributed by atoms with E-state index < -0.39 is 0 Å². The summed E-state index contributed by atoms with van der Waals surface area (Å²) in [5.74, 6) is 2.42. The molecule has 0 aliphatic rings. The summed E-state index contributed by atoms with van der Waals surface area (Å²) in [5, 5.41) is 3.80. The van der Waals surface area contributed by atoms with Gasteiger partial charge in [-0.15, -0.1) is 17.8 Å². The summed E-state index contributed by atoms with van der Waals surface area (Å²) in [7, 11) is 0. The highest BCUT2D eigenvalue weighted by molar-refractivity contribution is 7.20. The number of thiophene rings is 1. The average Bonchev–Trinajstić information content (AvgIpc) is 2.78. The van der Waals surface area contributed by atoms with Crippen molar-refractivity contribution in [2.75, 3.05) is 5.73 Å². The molecule has 1 atom stereocenters. The minimum absolute atomic E-state index is 0.125. The maximum atomic E-state index is 12.0. The Hall–Kier alpha value is -1.99. The molecular weight excluding hydrogens is 244 g/mol. The van der Waals surface area contributed by atoms with Gasteiger partial charge in [-0.05, 0) is 36.1 Å². The van der Waals surface area contributed by atoms with Gasteiger partial charge in [0.1, 0.15) is 0 Å². The number of amides is 1. The van der Waals surface area contributed by atoms with Crippen LogP contribution in [0.4, 0.5) is 5.69 Å². The molecule has 1 aromatic carbocycles. The SMILES string of the molecule is C#CC(CC)NC(=O)c1cc2cc(N)ccc2s1. The molecule has 2 rings (SSSR count). The van der Waals surface area contributed by atoms with Crippen LogP contribution in [0.1, 0.15) is 23.0 Å². The quantitative estimate of drug-likeness (QED) is 0.657. The van der Waals surface area contributed by atoms with E-state index >= 15 is 0 Å². The van der Waals surface area contributed by atoms with Gasteiger partial charge in [0.05, 0.1) is 10.9 Å². The number of hydrogen-bond donors (Lipinski definition) is 2. The Morgan fingerprint density at radius 3 is 3.00 bits per heavy atom. The number of nitrogen functional groups attached to an aromatic ring is 1. The fraction of sp³-hybridized carbons (Fsp3) is 0.214. The first-order valence-corrected chi connectivity index (χ1v) is 6.51. The third-order valence-electron chi connectivity index (χ3n) is 2.68. The van der Waals surface area contributed by atoms with E-state index in [1.165, 1.54) is 11.3 Å². The molecule has 1 amide bonds. The van der Waals surface area contributed by atoms with Crippen LogP contribution in [0.3, 0.4) is 0 Å². The van der Waals surface area contributed by atoms with Crippen LogP contribution in [0.2, 0.25) is 0 Å². The molecule has 1 heterocycles. The molecule has 4 heteroatoms. The number of carbonyl (C=O) groups is 1. The van der Waals surface area contributed by atoms with Crippen molar-refractivity contribution in [2.24, 2.45) is 0 Å². The van der Waals surface area contributed by atoms with Gasteiger partial charge in [-0.25, -0.2) is 0 Å². The van der Waals surface area contributed by atoms with Gasteiger partial charge < -0.3 is 11.1 Å². The molecule has 1 aromatic heterocycles. The summed E-state index contributed by atoms with van der Waals surface area (Å²) in [6, 6.07) is 7.24. The Balaban J connectivity index is 2.26. The van der Waals surface area contributed by atoms with Crippen LogP contribution in [0.5, 0.6) is 0 Å². The second-order valence-corrected chi connectivity index (χ2v) is 5.09. The lowest BCUT2D eigenvalue weighted by molar-refractivity contribution is 0.0949. The number of fused-ring (bicyclic) bond motifs is 1. The second-order valence-electron chi connectivity index (χ2n) is 4.01. The highest BCUT2D eigenvalue weighted by Gasteiger charge is 2.13. The van der Waals surface area contributed by atoms with Gasteiger partial charge in [-0.3, -0.25) is 4.79 Å². The number of anilines is 1. The molecule has 0 aliphatic carbocycles. The highest BCUT2D eigenvalue weighted by atomic mass is 32.1. The molecule has 0 saturated carbocycles. The van der Waals surface area contributed by atoms with E-state index in [9.17, 15) is 4.79 Å². The van der Waals surface area contributed by atoms with Crippen LogP contribution in [0.25, 0.3) is 10.1 Å². The molecule has 0 saturated heterocycles. The monoisotopic (exact) mass is 258 g/mol. The van der Waals surface area contributed by atoms with E-state index in [0.717, 1.165) is 16.5 Å². The molecule has 92 valence electrons. The number of rotatable bonds is 3. The molecule has 0 bridgehead atoms. The van der Waals surface area contributed by atoms with Gasteiger partial charge >= 0.3 is 0 Å². The number of carbonyl (C=O) groups excluding carboxylic acids is 1. The first-order chi connectivity index (χ1) is 8.63. The Kier molecular flexibility index (Phi) is 3.54. The van der Waals surface area contributed by atoms with Crippen LogP contribution < -0.4 is 11.1 Å². The summed E-state index contributed by atoms with van der Waals surface area (Å²) in [4.78, 5) is 12.7. The summed E-state index contributed by atoms with van der Waals surface area (Å²) < 4.78 is 1.04. The van der Waals surface area contributed by atoms with Crippen molar-refractivity contribution in [3.63, 3.8) is 0 Å². The Morgan fingerprint density at radius 1 is 1.56 bits per heavy atom. The highest BCUT2D eigenvalue weighted by Crippen LogP contribution is 2.27. The zero-order valence-corrected chi connectivity index (χ0v) is 10.9. The molecule has 0 fully saturated rings. The zero-order chi connectivity index (χ0) is 13.1. The van der Waals surface area contributed by atoms with Crippen LogP contribution in [0, 0.1) is 12.3 Å². The van der Waals surface area contributed by atoms with Crippen molar-refractivity contribution in [1.82, 2.24) is 5.32 Å². The number of nitrogens with one attached hydrogen (secondary N) is 1. The third-order valence-corrected chi connectivity index (χ3v) is 3.79. The van der Waals surface area contributed by atoms with E-state index in [1.807, 2.05) is 31.2 Å². The summed E-state index contributed by atoms with van der Waals surface area (Å²) in [6.07, 6.45) is 6.05. The molecular formula is C14H14N2OS. The fourth-order valence-electron chi connectivity index (χ4n) is 1.66. The molecule has 0 radical (unpaired) electrons. The summed E-state index contributed by atoms with van der Waals surface area (Å²) in [6.45, 7) is 1.94. The Bertz CT molecular complexity index is 624. The van der Waals surface area contributed by atoms with Crippen LogP contribution in [-0.2, 0) is 0 Å². The van der Waals surface area contributed by atoms with Crippen molar-refractivity contribution < 1.29 is 4.79 Å². The smallest absolute Gasteiger partial charge is 0.262 e. The minimum Gasteiger partial charge on any atom is -0.399 e. The van der Waals surface area contributed by atoms with E-state index in [4.69, 9.17) is 12.2 Å². The molecule has 0 spiro atoms. The topological polar surface area (TPSA) is 55.1 Å². The van der Waals surface area contributed by atoms with Crippen molar-refractivity contribution in [3.05, 3.63) is 29.1 Å². The van der Waals surface area contributed by atoms with E-state index in [2.05, 4.69) is 11.2 Å². The largest absolute Gasteiger partial charge is 0.399 e. The van der Waals surface area contributed by atoms with E-state index in [0.29, 0.717) is 10.6 Å². The summed E-state index contributed by atoms with van der Waals surface area (Å²) >= 11 is 1.44. The van der Waals surface area contributed by atoms with Crippen molar-refractivity contribution in [2.45, 2.75) is 19.4 Å². The van der Waals surface area contributed by atoms with Crippen LogP contribution in [-0.4, -0.2) is 11.9 Å². The van der Waals surface area contributed by atoms with Gasteiger partial charge in [-0.1, -0.05) is 12.8 Å². The van der Waals surface area contributed by atoms with E-state index in [-0.39, 0.29) is 11.9 Å². The van der Waals surface area contributed by atoms with Crippen molar-refractivity contribution in [3.8, 4) is 12.3 Å². The standard InChI is InChI=1S/C14H14N2OS/c1-3-11(4-2)16-14(17)13-8-9-7-10(15)5-6-12(9)18-13/h1,5-8,11H,4,15H2,2H3,(H,16,17). The normalized spacial score (nSPS) is 12.0. The molecule has 0 aliphatic heterocycles. The average molecular weight is 258 g/mol. The molecule has 3 nitrogen and oxygen atoms in total. The van der Waals surface area contributed by atoms with Gasteiger partial charge in [0.25, 0.3) is 5.91 Å². The van der Waals surface area contributed by atoms with Gasteiger partial charge in [0.2, 0.25) is 0 Å². The molecule has 18 heavy (non-hydrogen) atoms. The number of terminal acetylenes is 1. The summed E-state index contributed by atoms with van der Waals surface area (Å²) in [5.41, 5.74) is 6.41. The zero-order valence-electron chi connectivity index (χ0n) is 10.1. The molecule has 2 aromatic rings. The lowest BCUT2D eigenvalue weighted by Gasteiger charge is -2.08. The van der Waals surface area contributed by atoms with Crippen molar-refractivity contribution in [1.29, 1.82) is 0 Å². The van der Waals surface area contributed by atoms with Gasteiger partial charge in [0, 0.05) is 10.4 Å². The maximum Gasteiger partial charge on any atom is 0.262 e.